The Labute approximate surface area is 247 Å². The molecule has 0 aliphatic heterocycles. The van der Waals surface area contributed by atoms with Crippen LogP contribution < -0.4 is 10.6 Å². The van der Waals surface area contributed by atoms with Crippen molar-refractivity contribution >= 4 is 31.1 Å². The van der Waals surface area contributed by atoms with Gasteiger partial charge in [0.1, 0.15) is 11.6 Å². The number of anilines is 1. The summed E-state index contributed by atoms with van der Waals surface area (Å²) in [4.78, 5) is 16.2. The highest BCUT2D eigenvalue weighted by atomic mass is 31.1. The van der Waals surface area contributed by atoms with Gasteiger partial charge < -0.3 is 10.4 Å². The van der Waals surface area contributed by atoms with Crippen LogP contribution in [-0.4, -0.2) is 32.2 Å². The van der Waals surface area contributed by atoms with Crippen molar-refractivity contribution in [2.24, 2.45) is 0 Å². The van der Waals surface area contributed by atoms with Gasteiger partial charge >= 0.3 is 0 Å². The number of aromatic hydroxyl groups is 1. The first-order valence-electron chi connectivity index (χ1n) is 13.7. The van der Waals surface area contributed by atoms with Crippen LogP contribution >= 0.6 is 8.58 Å². The van der Waals surface area contributed by atoms with E-state index in [0.717, 1.165) is 39.2 Å². The summed E-state index contributed by atoms with van der Waals surface area (Å²) in [5.74, 6) is 1.18. The van der Waals surface area contributed by atoms with E-state index in [9.17, 15) is 9.90 Å². The molecular weight excluding hydrogens is 539 g/mol. The zero-order valence-electron chi connectivity index (χ0n) is 23.9. The number of fused-ring (bicyclic) bond motifs is 1. The van der Waals surface area contributed by atoms with Crippen molar-refractivity contribution in [2.75, 3.05) is 12.0 Å². The molecule has 2 heterocycles. The standard InChI is InChI=1S/C21H21N4OP.C14H12O/c1-14-6-5-7-15(10-14)12-22-20-11-17(16-8-3-4-9-18(16)26)24-21-19(27-2)13-23-25(20)21;1-11(15)13-9-5-6-10-14(13)12-7-3-2-4-8-12/h3-11,13,22,26-27H,12H2,1-2H3;2-10H,1H3. The average Bonchev–Trinajstić information content (AvgIpc) is 3.44. The van der Waals surface area contributed by atoms with Crippen molar-refractivity contribution in [3.05, 3.63) is 132 Å². The van der Waals surface area contributed by atoms with E-state index >= 15 is 0 Å². The van der Waals surface area contributed by atoms with Gasteiger partial charge in [-0.05, 0) is 49.3 Å². The number of phenolic OH excluding ortho intramolecular Hbond substituents is 1. The molecule has 0 radical (unpaired) electrons. The summed E-state index contributed by atoms with van der Waals surface area (Å²) < 4.78 is 1.84. The summed E-state index contributed by atoms with van der Waals surface area (Å²) in [7, 11) is 0.593. The molecule has 4 aromatic carbocycles. The molecule has 0 aliphatic rings. The second kappa shape index (κ2) is 13.2. The Morgan fingerprint density at radius 2 is 1.60 bits per heavy atom. The Morgan fingerprint density at radius 1 is 0.881 bits per heavy atom. The molecule has 42 heavy (non-hydrogen) atoms. The number of ketones is 1. The number of carbonyl (C=O) groups excluding carboxylic acids is 1. The van der Waals surface area contributed by atoms with E-state index in [2.05, 4.69) is 48.3 Å². The Balaban J connectivity index is 0.000000199. The molecule has 0 fully saturated rings. The van der Waals surface area contributed by atoms with E-state index in [4.69, 9.17) is 4.98 Å². The number of aryl methyl sites for hydroxylation is 1. The van der Waals surface area contributed by atoms with Crippen molar-refractivity contribution in [1.82, 2.24) is 14.6 Å². The summed E-state index contributed by atoms with van der Waals surface area (Å²) in [6.45, 7) is 6.49. The van der Waals surface area contributed by atoms with Crippen molar-refractivity contribution in [3.8, 4) is 28.1 Å². The number of carbonyl (C=O) groups is 1. The summed E-state index contributed by atoms with van der Waals surface area (Å²) >= 11 is 0. The van der Waals surface area contributed by atoms with Crippen molar-refractivity contribution in [2.45, 2.75) is 20.4 Å². The molecule has 6 rings (SSSR count). The monoisotopic (exact) mass is 572 g/mol. The number of hydrogen-bond donors (Lipinski definition) is 2. The molecule has 0 spiro atoms. The lowest BCUT2D eigenvalue weighted by atomic mass is 9.98. The molecule has 0 saturated carbocycles. The van der Waals surface area contributed by atoms with E-state index in [1.54, 1.807) is 13.0 Å². The third kappa shape index (κ3) is 6.56. The molecule has 7 heteroatoms. The molecule has 0 saturated heterocycles. The van der Waals surface area contributed by atoms with Crippen LogP contribution in [0, 0.1) is 6.92 Å². The van der Waals surface area contributed by atoms with Crippen LogP contribution in [0.2, 0.25) is 0 Å². The predicted molar refractivity (Wildman–Crippen MR) is 174 cm³/mol. The highest BCUT2D eigenvalue weighted by Gasteiger charge is 2.14. The molecule has 0 bridgehead atoms. The number of rotatable bonds is 7. The van der Waals surface area contributed by atoms with Crippen LogP contribution in [0.1, 0.15) is 28.4 Å². The maximum Gasteiger partial charge on any atom is 0.165 e. The highest BCUT2D eigenvalue weighted by molar-refractivity contribution is 7.46. The maximum atomic E-state index is 11.4. The highest BCUT2D eigenvalue weighted by Crippen LogP contribution is 2.30. The summed E-state index contributed by atoms with van der Waals surface area (Å²) in [5.41, 5.74) is 7.57. The van der Waals surface area contributed by atoms with Gasteiger partial charge in [-0.25, -0.2) is 4.98 Å². The SMILES string of the molecule is CC(=O)c1ccccc1-c1ccccc1.CPc1cnn2c(NCc3cccc(C)c3)cc(-c3ccccc3O)nc12. The minimum Gasteiger partial charge on any atom is -0.507 e. The number of benzene rings is 4. The molecular formula is C35H33N4O2P. The van der Waals surface area contributed by atoms with Crippen molar-refractivity contribution in [3.63, 3.8) is 0 Å². The minimum absolute atomic E-state index is 0.106. The second-order valence-electron chi connectivity index (χ2n) is 9.90. The summed E-state index contributed by atoms with van der Waals surface area (Å²) in [6, 6.07) is 35.3. The Morgan fingerprint density at radius 3 is 2.31 bits per heavy atom. The van der Waals surface area contributed by atoms with Gasteiger partial charge in [0.25, 0.3) is 0 Å². The number of nitrogens with one attached hydrogen (secondary N) is 1. The first-order chi connectivity index (χ1) is 20.4. The zero-order valence-corrected chi connectivity index (χ0v) is 24.9. The lowest BCUT2D eigenvalue weighted by Gasteiger charge is -2.12. The van der Waals surface area contributed by atoms with Crippen molar-refractivity contribution < 1.29 is 9.90 Å². The maximum absolute atomic E-state index is 11.4. The fourth-order valence-corrected chi connectivity index (χ4v) is 5.34. The normalized spacial score (nSPS) is 10.9. The molecule has 0 aliphatic carbocycles. The summed E-state index contributed by atoms with van der Waals surface area (Å²) in [5, 5.41) is 19.4. The fourth-order valence-electron chi connectivity index (χ4n) is 4.77. The van der Waals surface area contributed by atoms with Gasteiger partial charge in [0, 0.05) is 29.0 Å². The zero-order chi connectivity index (χ0) is 29.5. The molecule has 6 nitrogen and oxygen atoms in total. The van der Waals surface area contributed by atoms with Gasteiger partial charge in [0.15, 0.2) is 11.4 Å². The van der Waals surface area contributed by atoms with Gasteiger partial charge in [-0.1, -0.05) is 105 Å². The van der Waals surface area contributed by atoms with Crippen molar-refractivity contribution in [1.29, 1.82) is 0 Å². The molecule has 2 N–H and O–H groups in total. The molecule has 1 unspecified atom stereocenters. The Hall–Kier alpha value is -4.80. The van der Waals surface area contributed by atoms with E-state index in [0.29, 0.717) is 20.7 Å². The molecule has 1 atom stereocenters. The van der Waals surface area contributed by atoms with Crippen LogP contribution in [0.4, 0.5) is 5.82 Å². The molecule has 2 aromatic heterocycles. The fraction of sp³-hybridized carbons (Fsp3) is 0.114. The predicted octanol–water partition coefficient (Wildman–Crippen LogP) is 7.51. The molecule has 0 amide bonds. The lowest BCUT2D eigenvalue weighted by Crippen LogP contribution is -2.08. The minimum atomic E-state index is 0.106. The van der Waals surface area contributed by atoms with E-state index < -0.39 is 0 Å². The third-order valence-corrected chi connectivity index (χ3v) is 7.76. The van der Waals surface area contributed by atoms with E-state index in [1.165, 1.54) is 11.1 Å². The largest absolute Gasteiger partial charge is 0.507 e. The van der Waals surface area contributed by atoms with Gasteiger partial charge in [0.2, 0.25) is 0 Å². The second-order valence-corrected chi connectivity index (χ2v) is 10.9. The third-order valence-electron chi connectivity index (χ3n) is 6.87. The smallest absolute Gasteiger partial charge is 0.165 e. The van der Waals surface area contributed by atoms with Gasteiger partial charge in [-0.15, -0.1) is 0 Å². The average molecular weight is 573 g/mol. The number of para-hydroxylation sites is 1. The first-order valence-corrected chi connectivity index (χ1v) is 15.2. The topological polar surface area (TPSA) is 79.5 Å². The van der Waals surface area contributed by atoms with Crippen LogP contribution in [0.15, 0.2) is 115 Å². The van der Waals surface area contributed by atoms with Crippen LogP contribution in [-0.2, 0) is 6.54 Å². The van der Waals surface area contributed by atoms with Gasteiger partial charge in [-0.2, -0.15) is 9.61 Å². The van der Waals surface area contributed by atoms with Gasteiger partial charge in [0.05, 0.1) is 11.9 Å². The first kappa shape index (κ1) is 28.7. The molecule has 6 aromatic rings. The summed E-state index contributed by atoms with van der Waals surface area (Å²) in [6.07, 6.45) is 1.87. The van der Waals surface area contributed by atoms with Crippen LogP contribution in [0.3, 0.4) is 0 Å². The Bertz CT molecular complexity index is 1830. The van der Waals surface area contributed by atoms with Gasteiger partial charge in [-0.3, -0.25) is 4.79 Å². The van der Waals surface area contributed by atoms with E-state index in [1.807, 2.05) is 89.6 Å². The quantitative estimate of drug-likeness (QED) is 0.153. The number of aromatic nitrogens is 3. The number of hydrogen-bond acceptors (Lipinski definition) is 5. The number of nitrogens with zero attached hydrogens (tertiary/aromatic N) is 3. The van der Waals surface area contributed by atoms with Crippen LogP contribution in [0.5, 0.6) is 5.75 Å². The number of Topliss-reactive ketones (excluding diaryl/α,β-unsaturated/α-hetero) is 1. The number of phenols is 1. The Kier molecular flexibility index (Phi) is 9.05. The van der Waals surface area contributed by atoms with E-state index in [-0.39, 0.29) is 11.5 Å². The lowest BCUT2D eigenvalue weighted by molar-refractivity contribution is 0.101. The van der Waals surface area contributed by atoms with Crippen LogP contribution in [0.25, 0.3) is 28.0 Å². The molecule has 210 valence electrons.